The first-order valence-corrected chi connectivity index (χ1v) is 7.88. The number of aryl methyl sites for hydroxylation is 1. The van der Waals surface area contributed by atoms with Gasteiger partial charge in [-0.2, -0.15) is 0 Å². The molecule has 2 aliphatic rings. The highest BCUT2D eigenvalue weighted by molar-refractivity contribution is 5.28. The lowest BCUT2D eigenvalue weighted by Gasteiger charge is -2.35. The van der Waals surface area contributed by atoms with Gasteiger partial charge in [0.15, 0.2) is 0 Å². The fourth-order valence-corrected chi connectivity index (χ4v) is 3.50. The predicted molar refractivity (Wildman–Crippen MR) is 81.9 cm³/mol. The third-order valence-corrected chi connectivity index (χ3v) is 4.77. The lowest BCUT2D eigenvalue weighted by atomic mass is 10.0. The van der Waals surface area contributed by atoms with Crippen molar-refractivity contribution in [1.82, 2.24) is 10.2 Å². The second-order valence-electron chi connectivity index (χ2n) is 6.23. The molecule has 0 aliphatic carbocycles. The molecule has 3 nitrogen and oxygen atoms in total. The summed E-state index contributed by atoms with van der Waals surface area (Å²) in [6.45, 7) is 8.64. The summed E-state index contributed by atoms with van der Waals surface area (Å²) in [4.78, 5) is 2.61. The molecule has 0 radical (unpaired) electrons. The van der Waals surface area contributed by atoms with Gasteiger partial charge in [-0.05, 0) is 44.4 Å². The first-order valence-electron chi connectivity index (χ1n) is 7.88. The fraction of sp³-hybridized carbons (Fsp3) is 0.647. The highest BCUT2D eigenvalue weighted by atomic mass is 16.5. The molecule has 0 amide bonds. The molecule has 3 atom stereocenters. The minimum atomic E-state index is 0.343. The molecule has 0 bridgehead atoms. The lowest BCUT2D eigenvalue weighted by Crippen LogP contribution is -2.49. The van der Waals surface area contributed by atoms with Crippen LogP contribution >= 0.6 is 0 Å². The van der Waals surface area contributed by atoms with Crippen molar-refractivity contribution in [1.29, 1.82) is 0 Å². The molecule has 2 heterocycles. The third-order valence-electron chi connectivity index (χ3n) is 4.77. The fourth-order valence-electron chi connectivity index (χ4n) is 3.50. The van der Waals surface area contributed by atoms with E-state index in [9.17, 15) is 0 Å². The summed E-state index contributed by atoms with van der Waals surface area (Å²) in [6.07, 6.45) is 3.00. The van der Waals surface area contributed by atoms with E-state index in [0.29, 0.717) is 18.2 Å². The Hall–Kier alpha value is -0.900. The summed E-state index contributed by atoms with van der Waals surface area (Å²) >= 11 is 0. The monoisotopic (exact) mass is 274 g/mol. The maximum absolute atomic E-state index is 6.00. The Kier molecular flexibility index (Phi) is 4.39. The van der Waals surface area contributed by atoms with E-state index in [4.69, 9.17) is 4.74 Å². The van der Waals surface area contributed by atoms with Gasteiger partial charge in [0.05, 0.1) is 12.7 Å². The van der Waals surface area contributed by atoms with Gasteiger partial charge < -0.3 is 10.1 Å². The van der Waals surface area contributed by atoms with E-state index in [1.165, 1.54) is 30.5 Å². The molecule has 3 unspecified atom stereocenters. The van der Waals surface area contributed by atoms with Crippen molar-refractivity contribution in [3.05, 3.63) is 35.4 Å². The Morgan fingerprint density at radius 3 is 3.10 bits per heavy atom. The molecule has 3 heteroatoms. The molecule has 3 rings (SSSR count). The van der Waals surface area contributed by atoms with Crippen LogP contribution in [0, 0.1) is 6.92 Å². The standard InChI is InChI=1S/C17H26N2O/c1-13-6-3-4-8-17(13)14(2)18-10-16-11-19-9-5-7-15(19)12-20-16/h3-4,6,8,14-16,18H,5,7,9-12H2,1-2H3. The lowest BCUT2D eigenvalue weighted by molar-refractivity contribution is -0.0477. The number of hydrogen-bond donors (Lipinski definition) is 1. The quantitative estimate of drug-likeness (QED) is 0.913. The summed E-state index contributed by atoms with van der Waals surface area (Å²) in [5.74, 6) is 0. The van der Waals surface area contributed by atoms with Gasteiger partial charge in [0.25, 0.3) is 0 Å². The Morgan fingerprint density at radius 2 is 2.25 bits per heavy atom. The summed E-state index contributed by atoms with van der Waals surface area (Å²) in [7, 11) is 0. The Labute approximate surface area is 122 Å². The van der Waals surface area contributed by atoms with Crippen LogP contribution in [0.4, 0.5) is 0 Å². The van der Waals surface area contributed by atoms with E-state index in [1.807, 2.05) is 0 Å². The van der Waals surface area contributed by atoms with Crippen LogP contribution in [0.3, 0.4) is 0 Å². The molecule has 1 aromatic rings. The number of fused-ring (bicyclic) bond motifs is 1. The van der Waals surface area contributed by atoms with Crippen LogP contribution < -0.4 is 5.32 Å². The van der Waals surface area contributed by atoms with E-state index in [2.05, 4.69) is 48.3 Å². The third kappa shape index (κ3) is 3.05. The average molecular weight is 274 g/mol. The molecule has 110 valence electrons. The highest BCUT2D eigenvalue weighted by Gasteiger charge is 2.32. The first-order chi connectivity index (χ1) is 9.74. The molecular formula is C17H26N2O. The van der Waals surface area contributed by atoms with Gasteiger partial charge in [-0.3, -0.25) is 4.90 Å². The van der Waals surface area contributed by atoms with Crippen molar-refractivity contribution >= 4 is 0 Å². The summed E-state index contributed by atoms with van der Waals surface area (Å²) in [5, 5.41) is 3.64. The number of nitrogens with zero attached hydrogens (tertiary/aromatic N) is 1. The molecule has 20 heavy (non-hydrogen) atoms. The number of nitrogens with one attached hydrogen (secondary N) is 1. The van der Waals surface area contributed by atoms with Crippen LogP contribution in [0.5, 0.6) is 0 Å². The van der Waals surface area contributed by atoms with Crippen molar-refractivity contribution in [2.45, 2.75) is 44.9 Å². The second kappa shape index (κ2) is 6.25. The molecule has 0 aromatic heterocycles. The summed E-state index contributed by atoms with van der Waals surface area (Å²) in [6, 6.07) is 9.69. The number of morpholine rings is 1. The van der Waals surface area contributed by atoms with E-state index < -0.39 is 0 Å². The van der Waals surface area contributed by atoms with Crippen LogP contribution in [-0.4, -0.2) is 43.3 Å². The second-order valence-corrected chi connectivity index (χ2v) is 6.23. The van der Waals surface area contributed by atoms with E-state index >= 15 is 0 Å². The average Bonchev–Trinajstić information content (AvgIpc) is 2.92. The van der Waals surface area contributed by atoms with Crippen molar-refractivity contribution in [3.8, 4) is 0 Å². The van der Waals surface area contributed by atoms with Crippen LogP contribution in [0.25, 0.3) is 0 Å². The number of rotatable bonds is 4. The van der Waals surface area contributed by atoms with Gasteiger partial charge in [-0.25, -0.2) is 0 Å². The zero-order valence-corrected chi connectivity index (χ0v) is 12.6. The van der Waals surface area contributed by atoms with Crippen LogP contribution in [-0.2, 0) is 4.74 Å². The normalized spacial score (nSPS) is 28.3. The molecule has 2 aliphatic heterocycles. The first kappa shape index (κ1) is 14.1. The zero-order valence-electron chi connectivity index (χ0n) is 12.6. The summed E-state index contributed by atoms with van der Waals surface area (Å²) < 4.78 is 6.00. The SMILES string of the molecule is Cc1ccccc1C(C)NCC1CN2CCCC2CO1. The van der Waals surface area contributed by atoms with Gasteiger partial charge in [-0.1, -0.05) is 24.3 Å². The van der Waals surface area contributed by atoms with Gasteiger partial charge in [-0.15, -0.1) is 0 Å². The largest absolute Gasteiger partial charge is 0.374 e. The number of benzene rings is 1. The minimum Gasteiger partial charge on any atom is -0.374 e. The van der Waals surface area contributed by atoms with E-state index in [-0.39, 0.29) is 0 Å². The van der Waals surface area contributed by atoms with E-state index in [0.717, 1.165) is 19.7 Å². The van der Waals surface area contributed by atoms with Gasteiger partial charge in [0.2, 0.25) is 0 Å². The number of hydrogen-bond acceptors (Lipinski definition) is 3. The van der Waals surface area contributed by atoms with Gasteiger partial charge in [0, 0.05) is 25.2 Å². The van der Waals surface area contributed by atoms with Crippen molar-refractivity contribution in [2.24, 2.45) is 0 Å². The smallest absolute Gasteiger partial charge is 0.0827 e. The Balaban J connectivity index is 1.51. The van der Waals surface area contributed by atoms with Gasteiger partial charge >= 0.3 is 0 Å². The van der Waals surface area contributed by atoms with Crippen LogP contribution in [0.1, 0.15) is 36.9 Å². The molecule has 1 N–H and O–H groups in total. The van der Waals surface area contributed by atoms with Crippen molar-refractivity contribution < 1.29 is 4.74 Å². The van der Waals surface area contributed by atoms with E-state index in [1.54, 1.807) is 0 Å². The maximum atomic E-state index is 6.00. The molecular weight excluding hydrogens is 248 g/mol. The van der Waals surface area contributed by atoms with Crippen molar-refractivity contribution in [3.63, 3.8) is 0 Å². The molecule has 1 aromatic carbocycles. The van der Waals surface area contributed by atoms with Crippen LogP contribution in [0.15, 0.2) is 24.3 Å². The predicted octanol–water partition coefficient (Wildman–Crippen LogP) is 2.51. The molecule has 0 spiro atoms. The molecule has 2 fully saturated rings. The molecule has 0 saturated carbocycles. The number of ether oxygens (including phenoxy) is 1. The van der Waals surface area contributed by atoms with Gasteiger partial charge in [0.1, 0.15) is 0 Å². The highest BCUT2D eigenvalue weighted by Crippen LogP contribution is 2.23. The topological polar surface area (TPSA) is 24.5 Å². The summed E-state index contributed by atoms with van der Waals surface area (Å²) in [5.41, 5.74) is 2.75. The Bertz CT molecular complexity index is 448. The molecule has 2 saturated heterocycles. The maximum Gasteiger partial charge on any atom is 0.0827 e. The zero-order chi connectivity index (χ0) is 13.9. The Morgan fingerprint density at radius 1 is 1.40 bits per heavy atom. The van der Waals surface area contributed by atoms with Crippen LogP contribution in [0.2, 0.25) is 0 Å². The van der Waals surface area contributed by atoms with Crippen molar-refractivity contribution in [2.75, 3.05) is 26.2 Å². The minimum absolute atomic E-state index is 0.343.